The first-order chi connectivity index (χ1) is 5.72. The first kappa shape index (κ1) is 12.3. The van der Waals surface area contributed by atoms with Gasteiger partial charge in [-0.1, -0.05) is 0 Å². The molecule has 0 aromatic carbocycles. The van der Waals surface area contributed by atoms with E-state index in [0.717, 1.165) is 17.3 Å². The van der Waals surface area contributed by atoms with Gasteiger partial charge in [-0.05, 0) is 0 Å². The number of carbonyl (C=O) groups excluding carboxylic acids is 1. The third kappa shape index (κ3) is 5.85. The van der Waals surface area contributed by atoms with E-state index in [1.165, 1.54) is 0 Å². The van der Waals surface area contributed by atoms with Crippen molar-refractivity contribution in [1.82, 2.24) is 0 Å². The number of rotatable bonds is 6. The van der Waals surface area contributed by atoms with Crippen LogP contribution in [0.3, 0.4) is 0 Å². The summed E-state index contributed by atoms with van der Waals surface area (Å²) in [5.74, 6) is 0.129. The van der Waals surface area contributed by atoms with Crippen molar-refractivity contribution < 1.29 is 9.53 Å². The van der Waals surface area contributed by atoms with E-state index in [1.54, 1.807) is 0 Å². The molecule has 0 bridgehead atoms. The van der Waals surface area contributed by atoms with Crippen LogP contribution in [0.15, 0.2) is 0 Å². The van der Waals surface area contributed by atoms with Gasteiger partial charge in [0.2, 0.25) is 0 Å². The van der Waals surface area contributed by atoms with E-state index in [1.807, 2.05) is 6.92 Å². The Bertz CT molecular complexity index is 126. The summed E-state index contributed by atoms with van der Waals surface area (Å²) in [4.78, 5) is 13.4. The summed E-state index contributed by atoms with van der Waals surface area (Å²) in [6.45, 7) is 4.66. The number of carbonyl (C=O) groups is 1. The van der Waals surface area contributed by atoms with Gasteiger partial charge in [-0.3, -0.25) is 0 Å². The van der Waals surface area contributed by atoms with Crippen molar-refractivity contribution in [1.29, 1.82) is 0 Å². The fourth-order valence-corrected chi connectivity index (χ4v) is 2.59. The molecule has 12 heavy (non-hydrogen) atoms. The van der Waals surface area contributed by atoms with Crippen molar-refractivity contribution in [2.24, 2.45) is 5.92 Å². The minimum atomic E-state index is -0.00426. The zero-order valence-corrected chi connectivity index (χ0v) is 10.5. The van der Waals surface area contributed by atoms with E-state index >= 15 is 0 Å². The van der Waals surface area contributed by atoms with Gasteiger partial charge in [0.05, 0.1) is 0 Å². The SMILES string of the molecule is CCCCOC(=O)C(C)C[Te]C. The Morgan fingerprint density at radius 2 is 2.25 bits per heavy atom. The Morgan fingerprint density at radius 3 is 2.75 bits per heavy atom. The summed E-state index contributed by atoms with van der Waals surface area (Å²) in [5.41, 5.74) is 0. The zero-order valence-electron chi connectivity index (χ0n) is 8.13. The van der Waals surface area contributed by atoms with E-state index < -0.39 is 0 Å². The Balaban J connectivity index is 3.43. The van der Waals surface area contributed by atoms with Gasteiger partial charge in [0.1, 0.15) is 0 Å². The second kappa shape index (κ2) is 7.89. The molecule has 0 saturated carbocycles. The molecule has 0 N–H and O–H groups in total. The van der Waals surface area contributed by atoms with Gasteiger partial charge >= 0.3 is 85.1 Å². The van der Waals surface area contributed by atoms with Gasteiger partial charge < -0.3 is 0 Å². The second-order valence-electron chi connectivity index (χ2n) is 2.88. The average molecular weight is 286 g/mol. The van der Waals surface area contributed by atoms with Crippen molar-refractivity contribution in [3.63, 3.8) is 0 Å². The molecule has 0 amide bonds. The van der Waals surface area contributed by atoms with E-state index in [2.05, 4.69) is 11.9 Å². The first-order valence-corrected chi connectivity index (χ1v) is 8.35. The zero-order chi connectivity index (χ0) is 9.40. The van der Waals surface area contributed by atoms with Gasteiger partial charge in [0, 0.05) is 0 Å². The maximum atomic E-state index is 11.2. The molecule has 0 aliphatic carbocycles. The summed E-state index contributed by atoms with van der Waals surface area (Å²) in [6, 6.07) is 0. The summed E-state index contributed by atoms with van der Waals surface area (Å²) in [6.07, 6.45) is 2.07. The van der Waals surface area contributed by atoms with Gasteiger partial charge in [-0.15, -0.1) is 0 Å². The number of hydrogen-bond donors (Lipinski definition) is 0. The summed E-state index contributed by atoms with van der Waals surface area (Å²) in [7, 11) is 0. The van der Waals surface area contributed by atoms with Crippen LogP contribution in [0.25, 0.3) is 0 Å². The predicted molar refractivity (Wildman–Crippen MR) is 51.5 cm³/mol. The van der Waals surface area contributed by atoms with E-state index in [-0.39, 0.29) is 32.8 Å². The maximum absolute atomic E-state index is 11.2. The Hall–Kier alpha value is 0.260. The summed E-state index contributed by atoms with van der Waals surface area (Å²) < 4.78 is 6.14. The molecule has 0 aliphatic rings. The Labute approximate surface area is 85.1 Å². The molecule has 0 aromatic heterocycles. The number of ether oxygens (including phenoxy) is 1. The monoisotopic (exact) mass is 288 g/mol. The van der Waals surface area contributed by atoms with Crippen molar-refractivity contribution in [3.8, 4) is 0 Å². The van der Waals surface area contributed by atoms with E-state index in [0.29, 0.717) is 6.61 Å². The summed E-state index contributed by atoms with van der Waals surface area (Å²) in [5, 5.41) is 0. The Morgan fingerprint density at radius 1 is 1.58 bits per heavy atom. The topological polar surface area (TPSA) is 26.3 Å². The molecule has 0 heterocycles. The molecule has 2 nitrogen and oxygen atoms in total. The van der Waals surface area contributed by atoms with E-state index in [4.69, 9.17) is 4.74 Å². The molecule has 72 valence electrons. The molecule has 0 saturated heterocycles. The van der Waals surface area contributed by atoms with Crippen LogP contribution in [0.4, 0.5) is 0 Å². The van der Waals surface area contributed by atoms with Gasteiger partial charge in [0.15, 0.2) is 0 Å². The first-order valence-electron chi connectivity index (χ1n) is 4.38. The van der Waals surface area contributed by atoms with Crippen molar-refractivity contribution in [3.05, 3.63) is 0 Å². The van der Waals surface area contributed by atoms with Crippen LogP contribution in [0.2, 0.25) is 9.44 Å². The fraction of sp³-hybridized carbons (Fsp3) is 0.889. The molecular weight excluding hydrogens is 268 g/mol. The molecule has 0 spiro atoms. The molecular formula is C9H18O2Te. The van der Waals surface area contributed by atoms with Gasteiger partial charge in [-0.25, -0.2) is 0 Å². The normalized spacial score (nSPS) is 12.6. The van der Waals surface area contributed by atoms with Crippen LogP contribution in [-0.4, -0.2) is 33.5 Å². The average Bonchev–Trinajstić information content (AvgIpc) is 2.05. The van der Waals surface area contributed by atoms with Gasteiger partial charge in [0.25, 0.3) is 0 Å². The van der Waals surface area contributed by atoms with Crippen LogP contribution >= 0.6 is 0 Å². The molecule has 0 fully saturated rings. The van der Waals surface area contributed by atoms with Crippen molar-refractivity contribution >= 4 is 26.9 Å². The van der Waals surface area contributed by atoms with Crippen LogP contribution in [0.1, 0.15) is 26.7 Å². The van der Waals surface area contributed by atoms with Crippen molar-refractivity contribution in [2.75, 3.05) is 6.61 Å². The predicted octanol–water partition coefficient (Wildman–Crippen LogP) is 2.14. The molecule has 0 rings (SSSR count). The number of unbranched alkanes of at least 4 members (excludes halogenated alkanes) is 1. The molecule has 0 radical (unpaired) electrons. The van der Waals surface area contributed by atoms with Crippen LogP contribution < -0.4 is 0 Å². The third-order valence-corrected chi connectivity index (χ3v) is 3.94. The standard InChI is InChI=1S/C9H18O2Te/c1-4-5-6-11-9(10)8(2)7-12-3/h8H,4-7H2,1-3H3. The van der Waals surface area contributed by atoms with Crippen molar-refractivity contribution in [2.45, 2.75) is 36.1 Å². The van der Waals surface area contributed by atoms with Crippen LogP contribution in [0.5, 0.6) is 0 Å². The molecule has 0 aliphatic heterocycles. The quantitative estimate of drug-likeness (QED) is 0.425. The molecule has 0 aromatic rings. The fourth-order valence-electron chi connectivity index (χ4n) is 0.777. The second-order valence-corrected chi connectivity index (χ2v) is 5.48. The Kier molecular flexibility index (Phi) is 8.06. The third-order valence-electron chi connectivity index (χ3n) is 1.56. The number of hydrogen-bond acceptors (Lipinski definition) is 2. The number of esters is 1. The van der Waals surface area contributed by atoms with Gasteiger partial charge in [-0.2, -0.15) is 0 Å². The van der Waals surface area contributed by atoms with Crippen LogP contribution in [-0.2, 0) is 9.53 Å². The van der Waals surface area contributed by atoms with Crippen LogP contribution in [0, 0.1) is 5.92 Å². The minimum absolute atomic E-state index is 0.00426. The summed E-state index contributed by atoms with van der Waals surface area (Å²) >= 11 is 0.0617. The van der Waals surface area contributed by atoms with E-state index in [9.17, 15) is 4.79 Å². The molecule has 1 atom stereocenters. The molecule has 1 unspecified atom stereocenters. The molecule has 3 heteroatoms.